The van der Waals surface area contributed by atoms with E-state index in [1.807, 2.05) is 0 Å². The van der Waals surface area contributed by atoms with E-state index in [1.54, 1.807) is 0 Å². The molecule has 0 atom stereocenters. The van der Waals surface area contributed by atoms with Crippen LogP contribution in [0, 0.1) is 0 Å². The molecule has 0 aromatic heterocycles. The average Bonchev–Trinajstić information content (AvgIpc) is 2.38. The highest BCUT2D eigenvalue weighted by atomic mass is 35.5. The van der Waals surface area contributed by atoms with Gasteiger partial charge < -0.3 is 25.4 Å². The first-order chi connectivity index (χ1) is 10.9. The van der Waals surface area contributed by atoms with Gasteiger partial charge in [0.2, 0.25) is 0 Å². The summed E-state index contributed by atoms with van der Waals surface area (Å²) >= 11 is 11.5. The molecule has 1 amide bonds. The summed E-state index contributed by atoms with van der Waals surface area (Å²) in [5, 5.41) is 0.827. The summed E-state index contributed by atoms with van der Waals surface area (Å²) in [4.78, 5) is 49.5. The molecule has 1 rings (SSSR count). The standard InChI is InChI=1S/C10H13Cl2N3O7P2/c11-7-1-6(2-8(12)3-7)10(16)15(5-14-13)4-9(23(17,18)19)24(20,21)22/h1-3,5,9H,4,13H2,(H2,17,18,19)(H2,20,21,22). The van der Waals surface area contributed by atoms with Crippen LogP contribution in [0.3, 0.4) is 0 Å². The first kappa shape index (κ1) is 21.1. The van der Waals surface area contributed by atoms with Gasteiger partial charge in [-0.05, 0) is 18.2 Å². The van der Waals surface area contributed by atoms with Gasteiger partial charge in [0.15, 0.2) is 5.40 Å². The Labute approximate surface area is 146 Å². The number of halogens is 2. The lowest BCUT2D eigenvalue weighted by Gasteiger charge is -2.25. The highest BCUT2D eigenvalue weighted by Crippen LogP contribution is 2.59. The lowest BCUT2D eigenvalue weighted by atomic mass is 10.2. The number of benzene rings is 1. The van der Waals surface area contributed by atoms with Gasteiger partial charge in [-0.1, -0.05) is 23.2 Å². The van der Waals surface area contributed by atoms with Crippen LogP contribution in [-0.4, -0.2) is 48.7 Å². The number of amides is 1. The molecule has 0 unspecified atom stereocenters. The largest absolute Gasteiger partial charge is 0.342 e. The smallest absolute Gasteiger partial charge is 0.324 e. The normalized spacial score (nSPS) is 12.8. The zero-order valence-electron chi connectivity index (χ0n) is 11.7. The van der Waals surface area contributed by atoms with Crippen molar-refractivity contribution in [3.8, 4) is 0 Å². The molecule has 0 aliphatic carbocycles. The average molecular weight is 420 g/mol. The van der Waals surface area contributed by atoms with Gasteiger partial charge >= 0.3 is 15.2 Å². The fraction of sp³-hybridized carbons (Fsp3) is 0.200. The van der Waals surface area contributed by atoms with Crippen LogP contribution in [-0.2, 0) is 9.13 Å². The lowest BCUT2D eigenvalue weighted by Crippen LogP contribution is -2.37. The minimum Gasteiger partial charge on any atom is -0.324 e. The van der Waals surface area contributed by atoms with E-state index >= 15 is 0 Å². The Bertz CT molecular complexity index is 706. The van der Waals surface area contributed by atoms with E-state index in [0.29, 0.717) is 11.2 Å². The first-order valence-electron chi connectivity index (χ1n) is 5.97. The summed E-state index contributed by atoms with van der Waals surface area (Å²) in [7, 11) is -10.5. The molecule has 6 N–H and O–H groups in total. The quantitative estimate of drug-likeness (QED) is 0.149. The molecule has 0 spiro atoms. The Morgan fingerprint density at radius 1 is 1.17 bits per heavy atom. The molecule has 10 nitrogen and oxygen atoms in total. The summed E-state index contributed by atoms with van der Waals surface area (Å²) in [6.07, 6.45) is 0.676. The van der Waals surface area contributed by atoms with Crippen molar-refractivity contribution in [2.24, 2.45) is 10.9 Å². The molecule has 0 fully saturated rings. The highest BCUT2D eigenvalue weighted by molar-refractivity contribution is 7.70. The number of hydrogen-bond acceptors (Lipinski definition) is 5. The molecule has 0 saturated carbocycles. The Balaban J connectivity index is 3.25. The van der Waals surface area contributed by atoms with Crippen molar-refractivity contribution in [1.29, 1.82) is 0 Å². The highest BCUT2D eigenvalue weighted by Gasteiger charge is 2.45. The first-order valence-corrected chi connectivity index (χ1v) is 10.1. The van der Waals surface area contributed by atoms with E-state index in [2.05, 4.69) is 5.10 Å². The molecule has 0 saturated heterocycles. The fourth-order valence-corrected chi connectivity index (χ4v) is 4.56. The van der Waals surface area contributed by atoms with Crippen LogP contribution in [0.15, 0.2) is 23.3 Å². The van der Waals surface area contributed by atoms with Crippen molar-refractivity contribution in [3.63, 3.8) is 0 Å². The Morgan fingerprint density at radius 2 is 1.62 bits per heavy atom. The van der Waals surface area contributed by atoms with Gasteiger partial charge in [-0.2, -0.15) is 5.10 Å². The molecule has 1 aromatic carbocycles. The zero-order valence-corrected chi connectivity index (χ0v) is 15.0. The topological polar surface area (TPSA) is 174 Å². The molecule has 0 bridgehead atoms. The Morgan fingerprint density at radius 3 is 2.00 bits per heavy atom. The van der Waals surface area contributed by atoms with Crippen LogP contribution in [0.4, 0.5) is 0 Å². The lowest BCUT2D eigenvalue weighted by molar-refractivity contribution is 0.0854. The number of carbonyl (C=O) groups is 1. The van der Waals surface area contributed by atoms with Gasteiger partial charge in [-0.15, -0.1) is 0 Å². The summed E-state index contributed by atoms with van der Waals surface area (Å²) in [6, 6.07) is 3.75. The van der Waals surface area contributed by atoms with Crippen LogP contribution in [0.1, 0.15) is 10.4 Å². The molecule has 134 valence electrons. The molecule has 14 heteroatoms. The Kier molecular flexibility index (Phi) is 6.98. The van der Waals surface area contributed by atoms with Crippen LogP contribution < -0.4 is 5.84 Å². The number of carbonyl (C=O) groups excluding carboxylic acids is 1. The summed E-state index contributed by atoms with van der Waals surface area (Å²) in [5.41, 5.74) is -0.0948. The van der Waals surface area contributed by atoms with E-state index in [-0.39, 0.29) is 15.6 Å². The Hall–Kier alpha value is -0.960. The minimum atomic E-state index is -5.24. The molecule has 1 aromatic rings. The van der Waals surface area contributed by atoms with Crippen molar-refractivity contribution in [1.82, 2.24) is 4.90 Å². The molecular weight excluding hydrogens is 407 g/mol. The predicted molar refractivity (Wildman–Crippen MR) is 88.1 cm³/mol. The number of hydrogen-bond donors (Lipinski definition) is 5. The molecule has 0 aliphatic rings. The van der Waals surface area contributed by atoms with Crippen molar-refractivity contribution >= 4 is 50.6 Å². The summed E-state index contributed by atoms with van der Waals surface area (Å²) in [5.74, 6) is 4.02. The van der Waals surface area contributed by atoms with E-state index < -0.39 is 33.0 Å². The van der Waals surface area contributed by atoms with E-state index in [1.165, 1.54) is 18.2 Å². The zero-order chi connectivity index (χ0) is 18.7. The maximum atomic E-state index is 12.4. The van der Waals surface area contributed by atoms with Gasteiger partial charge in [0.05, 0.1) is 6.54 Å². The monoisotopic (exact) mass is 419 g/mol. The maximum Gasteiger partial charge on any atom is 0.342 e. The number of nitrogens with zero attached hydrogens (tertiary/aromatic N) is 2. The molecule has 0 radical (unpaired) electrons. The second kappa shape index (κ2) is 7.95. The van der Waals surface area contributed by atoms with E-state index in [9.17, 15) is 13.9 Å². The maximum absolute atomic E-state index is 12.4. The van der Waals surface area contributed by atoms with Crippen LogP contribution in [0.2, 0.25) is 10.0 Å². The molecule has 0 aliphatic heterocycles. The second-order valence-electron chi connectivity index (χ2n) is 4.54. The second-order valence-corrected chi connectivity index (χ2v) is 9.42. The van der Waals surface area contributed by atoms with Gasteiger partial charge in [-0.3, -0.25) is 18.8 Å². The van der Waals surface area contributed by atoms with Gasteiger partial charge in [0.25, 0.3) is 5.91 Å². The summed E-state index contributed by atoms with van der Waals surface area (Å²) in [6.45, 7) is -1.03. The third-order valence-electron chi connectivity index (χ3n) is 2.71. The van der Waals surface area contributed by atoms with Crippen molar-refractivity contribution in [2.45, 2.75) is 5.40 Å². The molecular formula is C10H13Cl2N3O7P2. The van der Waals surface area contributed by atoms with E-state index in [0.717, 1.165) is 0 Å². The van der Waals surface area contributed by atoms with Crippen molar-refractivity contribution in [3.05, 3.63) is 33.8 Å². The van der Waals surface area contributed by atoms with Gasteiger partial charge in [0, 0.05) is 15.6 Å². The van der Waals surface area contributed by atoms with Crippen LogP contribution >= 0.6 is 38.4 Å². The van der Waals surface area contributed by atoms with Crippen molar-refractivity contribution in [2.75, 3.05) is 6.54 Å². The summed E-state index contributed by atoms with van der Waals surface area (Å²) < 4.78 is 22.7. The van der Waals surface area contributed by atoms with E-state index in [4.69, 9.17) is 48.6 Å². The van der Waals surface area contributed by atoms with Gasteiger partial charge in [0.1, 0.15) is 6.34 Å². The SMILES string of the molecule is NN=CN(CC(P(=O)(O)O)P(=O)(O)O)C(=O)c1cc(Cl)cc(Cl)c1. The third-order valence-corrected chi connectivity index (χ3v) is 6.83. The van der Waals surface area contributed by atoms with Gasteiger partial charge in [-0.25, -0.2) is 0 Å². The van der Waals surface area contributed by atoms with Crippen LogP contribution in [0.5, 0.6) is 0 Å². The fourth-order valence-electron chi connectivity index (χ4n) is 1.69. The minimum absolute atomic E-state index is 0.0948. The van der Waals surface area contributed by atoms with Crippen LogP contribution in [0.25, 0.3) is 0 Å². The molecule has 24 heavy (non-hydrogen) atoms. The third kappa shape index (κ3) is 5.84. The number of rotatable bonds is 6. The van der Waals surface area contributed by atoms with Crippen molar-refractivity contribution < 1.29 is 33.5 Å². The predicted octanol–water partition coefficient (Wildman–Crippen LogP) is 1.02. The number of nitrogens with two attached hydrogens (primary N) is 1. The molecule has 0 heterocycles. The number of hydrazone groups is 1.